The molecule has 6 heteroatoms. The largest absolute Gasteiger partial charge is 0.459 e. The number of rotatable bonds is 6. The first-order valence-corrected chi connectivity index (χ1v) is 9.02. The molecule has 6 nitrogen and oxygen atoms in total. The summed E-state index contributed by atoms with van der Waals surface area (Å²) in [7, 11) is 0. The predicted molar refractivity (Wildman–Crippen MR) is 105 cm³/mol. The van der Waals surface area contributed by atoms with Crippen LogP contribution in [0.25, 0.3) is 21.5 Å². The van der Waals surface area contributed by atoms with Crippen LogP contribution in [0.4, 0.5) is 0 Å². The van der Waals surface area contributed by atoms with Gasteiger partial charge >= 0.3 is 11.9 Å². The summed E-state index contributed by atoms with van der Waals surface area (Å²) < 4.78 is 10.2. The van der Waals surface area contributed by atoms with Crippen LogP contribution >= 0.6 is 0 Å². The number of ether oxygens (including phenoxy) is 2. The molecule has 0 aliphatic carbocycles. The van der Waals surface area contributed by atoms with Gasteiger partial charge in [-0.1, -0.05) is 12.1 Å². The second-order valence-electron chi connectivity index (χ2n) is 6.82. The van der Waals surface area contributed by atoms with Crippen LogP contribution in [0.3, 0.4) is 0 Å². The highest BCUT2D eigenvalue weighted by Gasteiger charge is 2.13. The molecule has 0 aliphatic heterocycles. The van der Waals surface area contributed by atoms with Crippen molar-refractivity contribution in [2.75, 3.05) is 13.2 Å². The smallest absolute Gasteiger partial charge is 0.338 e. The lowest BCUT2D eigenvalue weighted by molar-refractivity contribution is 0.0197. The summed E-state index contributed by atoms with van der Waals surface area (Å²) in [6.45, 7) is 2.89. The number of hydrogen-bond acceptors (Lipinski definition) is 6. The maximum Gasteiger partial charge on any atom is 0.338 e. The Labute approximate surface area is 162 Å². The number of carbonyl (C=O) groups excluding carboxylic acids is 2. The van der Waals surface area contributed by atoms with E-state index in [0.29, 0.717) is 11.1 Å². The van der Waals surface area contributed by atoms with Gasteiger partial charge < -0.3 is 19.7 Å². The zero-order valence-corrected chi connectivity index (χ0v) is 15.7. The van der Waals surface area contributed by atoms with Crippen molar-refractivity contribution in [1.29, 1.82) is 0 Å². The quantitative estimate of drug-likeness (QED) is 0.503. The van der Waals surface area contributed by atoms with Crippen LogP contribution in [0.15, 0.2) is 48.5 Å². The Hall–Kier alpha value is -2.96. The molecule has 0 heterocycles. The first-order chi connectivity index (χ1) is 13.4. The average molecular weight is 382 g/mol. The van der Waals surface area contributed by atoms with Gasteiger partial charge in [-0.05, 0) is 71.8 Å². The van der Waals surface area contributed by atoms with Gasteiger partial charge in [-0.25, -0.2) is 9.59 Å². The van der Waals surface area contributed by atoms with Gasteiger partial charge in [0.05, 0.1) is 23.8 Å². The second kappa shape index (κ2) is 8.37. The molecule has 3 rings (SSSR count). The number of aliphatic hydroxyl groups excluding tert-OH is 2. The molecule has 0 fully saturated rings. The lowest BCUT2D eigenvalue weighted by Gasteiger charge is -2.11. The van der Waals surface area contributed by atoms with Crippen molar-refractivity contribution < 1.29 is 29.3 Å². The Kier molecular flexibility index (Phi) is 5.92. The van der Waals surface area contributed by atoms with Crippen molar-refractivity contribution in [3.05, 3.63) is 59.7 Å². The van der Waals surface area contributed by atoms with E-state index in [9.17, 15) is 14.7 Å². The van der Waals surface area contributed by atoms with Crippen LogP contribution in [-0.4, -0.2) is 47.6 Å². The number of benzene rings is 3. The normalized spacial score (nSPS) is 13.3. The Morgan fingerprint density at radius 2 is 1.39 bits per heavy atom. The average Bonchev–Trinajstić information content (AvgIpc) is 2.69. The molecular weight excluding hydrogens is 360 g/mol. The van der Waals surface area contributed by atoms with Crippen LogP contribution in [0, 0.1) is 0 Å². The molecule has 0 saturated heterocycles. The van der Waals surface area contributed by atoms with Gasteiger partial charge in [-0.3, -0.25) is 0 Å². The molecule has 0 aliphatic rings. The van der Waals surface area contributed by atoms with Crippen molar-refractivity contribution in [3.8, 4) is 0 Å². The second-order valence-corrected chi connectivity index (χ2v) is 6.82. The molecule has 0 spiro atoms. The minimum atomic E-state index is -0.713. The summed E-state index contributed by atoms with van der Waals surface area (Å²) in [5.41, 5.74) is 0.816. The van der Waals surface area contributed by atoms with E-state index in [4.69, 9.17) is 14.6 Å². The highest BCUT2D eigenvalue weighted by Crippen LogP contribution is 2.25. The Morgan fingerprint density at radius 3 is 1.89 bits per heavy atom. The van der Waals surface area contributed by atoms with Gasteiger partial charge in [-0.15, -0.1) is 0 Å². The zero-order chi connectivity index (χ0) is 20.3. The maximum atomic E-state index is 12.1. The third-order valence-electron chi connectivity index (χ3n) is 4.29. The molecule has 28 heavy (non-hydrogen) atoms. The molecule has 0 radical (unpaired) electrons. The fourth-order valence-corrected chi connectivity index (χ4v) is 2.82. The van der Waals surface area contributed by atoms with Crippen LogP contribution in [0.5, 0.6) is 0 Å². The fraction of sp³-hybridized carbons (Fsp3) is 0.273. The first kappa shape index (κ1) is 19.8. The van der Waals surface area contributed by atoms with Crippen LogP contribution in [0.2, 0.25) is 0 Å². The van der Waals surface area contributed by atoms with Crippen molar-refractivity contribution in [1.82, 2.24) is 0 Å². The highest BCUT2D eigenvalue weighted by molar-refractivity contribution is 6.03. The number of aliphatic hydroxyl groups is 2. The van der Waals surface area contributed by atoms with E-state index in [1.165, 1.54) is 0 Å². The van der Waals surface area contributed by atoms with E-state index in [2.05, 4.69) is 0 Å². The van der Waals surface area contributed by atoms with Crippen LogP contribution in [0.1, 0.15) is 34.6 Å². The Morgan fingerprint density at radius 1 is 0.857 bits per heavy atom. The summed E-state index contributed by atoms with van der Waals surface area (Å²) in [5.74, 6) is -0.973. The van der Waals surface area contributed by atoms with E-state index in [1.807, 2.05) is 24.3 Å². The van der Waals surface area contributed by atoms with Crippen LogP contribution in [-0.2, 0) is 9.47 Å². The van der Waals surface area contributed by atoms with E-state index in [1.54, 1.807) is 38.1 Å². The molecule has 0 aromatic heterocycles. The maximum absolute atomic E-state index is 12.1. The molecule has 2 atom stereocenters. The Bertz CT molecular complexity index is 1020. The fourth-order valence-electron chi connectivity index (χ4n) is 2.82. The van der Waals surface area contributed by atoms with E-state index in [-0.39, 0.29) is 13.2 Å². The standard InChI is InChI=1S/C22H22O6/c1-13(24)12-27-21(25)17-5-3-15-8-20-10-18(22(26)28-14(2)11-23)6-4-16(20)7-19(15)9-17/h3-10,13-14,23-24H,11-12H2,1-2H3. The number of fused-ring (bicyclic) bond motifs is 2. The summed E-state index contributed by atoms with van der Waals surface area (Å²) in [4.78, 5) is 24.2. The molecule has 146 valence electrons. The van der Waals surface area contributed by atoms with Crippen molar-refractivity contribution in [2.45, 2.75) is 26.1 Å². The molecule has 2 unspecified atom stereocenters. The van der Waals surface area contributed by atoms with Crippen molar-refractivity contribution >= 4 is 33.5 Å². The molecule has 0 bridgehead atoms. The minimum Gasteiger partial charge on any atom is -0.459 e. The van der Waals surface area contributed by atoms with E-state index in [0.717, 1.165) is 21.5 Å². The summed E-state index contributed by atoms with van der Waals surface area (Å²) in [6.07, 6.45) is -1.28. The highest BCUT2D eigenvalue weighted by atomic mass is 16.6. The van der Waals surface area contributed by atoms with Gasteiger partial charge in [0.1, 0.15) is 12.7 Å². The monoisotopic (exact) mass is 382 g/mol. The van der Waals surface area contributed by atoms with E-state index >= 15 is 0 Å². The number of hydrogen-bond donors (Lipinski definition) is 2. The van der Waals surface area contributed by atoms with Crippen molar-refractivity contribution in [2.24, 2.45) is 0 Å². The molecule has 0 saturated carbocycles. The molecule has 0 amide bonds. The first-order valence-electron chi connectivity index (χ1n) is 9.02. The molecule has 3 aromatic rings. The topological polar surface area (TPSA) is 93.1 Å². The number of carbonyl (C=O) groups is 2. The van der Waals surface area contributed by atoms with Gasteiger partial charge in [0.15, 0.2) is 0 Å². The van der Waals surface area contributed by atoms with E-state index < -0.39 is 24.1 Å². The number of esters is 2. The zero-order valence-electron chi connectivity index (χ0n) is 15.7. The predicted octanol–water partition coefficient (Wildman–Crippen LogP) is 3.07. The molecular formula is C22H22O6. The molecule has 2 N–H and O–H groups in total. The lowest BCUT2D eigenvalue weighted by atomic mass is 10.00. The summed E-state index contributed by atoms with van der Waals surface area (Å²) >= 11 is 0. The molecule has 3 aromatic carbocycles. The Balaban J connectivity index is 1.91. The summed E-state index contributed by atoms with van der Waals surface area (Å²) in [6, 6.07) is 14.3. The third kappa shape index (κ3) is 4.47. The lowest BCUT2D eigenvalue weighted by Crippen LogP contribution is -2.18. The third-order valence-corrected chi connectivity index (χ3v) is 4.29. The van der Waals surface area contributed by atoms with Gasteiger partial charge in [0.25, 0.3) is 0 Å². The SMILES string of the molecule is CC(O)COC(=O)c1ccc2cc3cc(C(=O)OC(C)CO)ccc3cc2c1. The summed E-state index contributed by atoms with van der Waals surface area (Å²) in [5, 5.41) is 21.8. The van der Waals surface area contributed by atoms with Gasteiger partial charge in [0, 0.05) is 0 Å². The van der Waals surface area contributed by atoms with Crippen molar-refractivity contribution in [3.63, 3.8) is 0 Å². The van der Waals surface area contributed by atoms with Gasteiger partial charge in [0.2, 0.25) is 0 Å². The van der Waals surface area contributed by atoms with Crippen LogP contribution < -0.4 is 0 Å². The van der Waals surface area contributed by atoms with Gasteiger partial charge in [-0.2, -0.15) is 0 Å². The minimum absolute atomic E-state index is 0.0532.